The number of urea groups is 1. The number of primary amides is 1. The van der Waals surface area contributed by atoms with Crippen molar-refractivity contribution in [2.24, 2.45) is 5.73 Å². The fraction of sp³-hybridized carbons (Fsp3) is 0.333. The lowest BCUT2D eigenvalue weighted by atomic mass is 10.3. The predicted molar refractivity (Wildman–Crippen MR) is 56.6 cm³/mol. The highest BCUT2D eigenvalue weighted by molar-refractivity contribution is 6.18. The molecule has 0 aliphatic rings. The first kappa shape index (κ1) is 10.8. The first-order valence-electron chi connectivity index (χ1n) is 4.21. The van der Waals surface area contributed by atoms with E-state index in [-0.39, 0.29) is 0 Å². The second-order valence-electron chi connectivity index (χ2n) is 2.82. The van der Waals surface area contributed by atoms with Gasteiger partial charge in [0.2, 0.25) is 0 Å². The van der Waals surface area contributed by atoms with Crippen molar-refractivity contribution in [3.8, 4) is 0 Å². The van der Waals surface area contributed by atoms with Crippen molar-refractivity contribution in [3.05, 3.63) is 23.9 Å². The number of hydrogen-bond acceptors (Lipinski definition) is 2. The van der Waals surface area contributed by atoms with E-state index < -0.39 is 6.03 Å². The molecule has 14 heavy (non-hydrogen) atoms. The largest absolute Gasteiger partial charge is 0.351 e. The van der Waals surface area contributed by atoms with Crippen LogP contribution in [0.3, 0.4) is 0 Å². The molecule has 2 N–H and O–H groups in total. The van der Waals surface area contributed by atoms with Crippen LogP contribution in [-0.2, 0) is 0 Å². The SMILES string of the molecule is Cc1cccnc1N(CCCl)C(N)=O. The number of rotatable bonds is 3. The van der Waals surface area contributed by atoms with Crippen LogP contribution in [-0.4, -0.2) is 23.4 Å². The van der Waals surface area contributed by atoms with Crippen molar-refractivity contribution in [2.75, 3.05) is 17.3 Å². The van der Waals surface area contributed by atoms with Crippen LogP contribution in [0.15, 0.2) is 18.3 Å². The van der Waals surface area contributed by atoms with E-state index in [9.17, 15) is 4.79 Å². The number of aryl methyl sites for hydroxylation is 1. The average Bonchev–Trinajstić information content (AvgIpc) is 2.15. The van der Waals surface area contributed by atoms with E-state index in [4.69, 9.17) is 17.3 Å². The molecule has 76 valence electrons. The van der Waals surface area contributed by atoms with Crippen molar-refractivity contribution < 1.29 is 4.79 Å². The molecule has 1 aromatic rings. The molecular weight excluding hydrogens is 202 g/mol. The maximum absolute atomic E-state index is 11.1. The van der Waals surface area contributed by atoms with Gasteiger partial charge in [-0.2, -0.15) is 0 Å². The van der Waals surface area contributed by atoms with Crippen LogP contribution in [0.1, 0.15) is 5.56 Å². The van der Waals surface area contributed by atoms with Crippen LogP contribution in [0.4, 0.5) is 10.6 Å². The number of nitrogens with two attached hydrogens (primary N) is 1. The zero-order valence-electron chi connectivity index (χ0n) is 7.90. The Hall–Kier alpha value is -1.29. The highest BCUT2D eigenvalue weighted by Crippen LogP contribution is 2.15. The van der Waals surface area contributed by atoms with E-state index in [1.807, 2.05) is 13.0 Å². The summed E-state index contributed by atoms with van der Waals surface area (Å²) < 4.78 is 0. The maximum Gasteiger partial charge on any atom is 0.320 e. The van der Waals surface area contributed by atoms with Crippen molar-refractivity contribution in [1.82, 2.24) is 4.98 Å². The van der Waals surface area contributed by atoms with Crippen LogP contribution in [0.2, 0.25) is 0 Å². The van der Waals surface area contributed by atoms with Gasteiger partial charge in [-0.3, -0.25) is 4.90 Å². The van der Waals surface area contributed by atoms with Crippen molar-refractivity contribution in [1.29, 1.82) is 0 Å². The van der Waals surface area contributed by atoms with E-state index in [1.165, 1.54) is 4.90 Å². The lowest BCUT2D eigenvalue weighted by Gasteiger charge is -2.19. The molecule has 1 heterocycles. The number of carbonyl (C=O) groups is 1. The maximum atomic E-state index is 11.1. The molecule has 0 aliphatic heterocycles. The van der Waals surface area contributed by atoms with Crippen LogP contribution < -0.4 is 10.6 Å². The number of hydrogen-bond donors (Lipinski definition) is 1. The third kappa shape index (κ3) is 2.35. The summed E-state index contributed by atoms with van der Waals surface area (Å²) in [6, 6.07) is 3.14. The van der Waals surface area contributed by atoms with E-state index in [2.05, 4.69) is 4.98 Å². The summed E-state index contributed by atoms with van der Waals surface area (Å²) in [4.78, 5) is 16.5. The molecule has 0 saturated heterocycles. The first-order valence-corrected chi connectivity index (χ1v) is 4.75. The monoisotopic (exact) mass is 213 g/mol. The Morgan fingerprint density at radius 2 is 2.43 bits per heavy atom. The van der Waals surface area contributed by atoms with Gasteiger partial charge in [-0.25, -0.2) is 9.78 Å². The molecule has 0 radical (unpaired) electrons. The quantitative estimate of drug-likeness (QED) is 0.774. The van der Waals surface area contributed by atoms with Crippen LogP contribution in [0.5, 0.6) is 0 Å². The number of nitrogens with zero attached hydrogens (tertiary/aromatic N) is 2. The Labute approximate surface area is 87.7 Å². The molecule has 4 nitrogen and oxygen atoms in total. The highest BCUT2D eigenvalue weighted by atomic mass is 35.5. The topological polar surface area (TPSA) is 59.2 Å². The summed E-state index contributed by atoms with van der Waals surface area (Å²) in [5, 5.41) is 0. The Balaban J connectivity index is 2.99. The molecule has 0 aliphatic carbocycles. The Morgan fingerprint density at radius 3 is 2.93 bits per heavy atom. The minimum Gasteiger partial charge on any atom is -0.351 e. The van der Waals surface area contributed by atoms with Gasteiger partial charge in [-0.1, -0.05) is 6.07 Å². The average molecular weight is 214 g/mol. The lowest BCUT2D eigenvalue weighted by molar-refractivity contribution is 0.254. The number of carbonyl (C=O) groups excluding carboxylic acids is 1. The molecule has 1 rings (SSSR count). The molecular formula is C9H12ClN3O. The first-order chi connectivity index (χ1) is 6.66. The summed E-state index contributed by atoms with van der Waals surface area (Å²) in [5.74, 6) is 0.902. The number of aromatic nitrogens is 1. The molecule has 0 bridgehead atoms. The van der Waals surface area contributed by atoms with Gasteiger partial charge in [-0.05, 0) is 18.6 Å². The smallest absolute Gasteiger partial charge is 0.320 e. The van der Waals surface area contributed by atoms with Crippen LogP contribution in [0, 0.1) is 6.92 Å². The minimum atomic E-state index is -0.535. The van der Waals surface area contributed by atoms with Gasteiger partial charge in [0.05, 0.1) is 0 Å². The zero-order valence-corrected chi connectivity index (χ0v) is 8.66. The Morgan fingerprint density at radius 1 is 1.71 bits per heavy atom. The van der Waals surface area contributed by atoms with Gasteiger partial charge in [0.25, 0.3) is 0 Å². The van der Waals surface area contributed by atoms with Crippen molar-refractivity contribution in [3.63, 3.8) is 0 Å². The fourth-order valence-electron chi connectivity index (χ4n) is 1.16. The van der Waals surface area contributed by atoms with Gasteiger partial charge in [0, 0.05) is 18.6 Å². The predicted octanol–water partition coefficient (Wildman–Crippen LogP) is 1.51. The molecule has 0 atom stereocenters. The van der Waals surface area contributed by atoms with Gasteiger partial charge in [0.1, 0.15) is 5.82 Å². The lowest BCUT2D eigenvalue weighted by Crippen LogP contribution is -2.38. The van der Waals surface area contributed by atoms with Crippen LogP contribution in [0.25, 0.3) is 0 Å². The number of anilines is 1. The molecule has 0 fully saturated rings. The zero-order chi connectivity index (χ0) is 10.6. The highest BCUT2D eigenvalue weighted by Gasteiger charge is 2.14. The molecule has 0 aromatic carbocycles. The van der Waals surface area contributed by atoms with E-state index in [0.717, 1.165) is 5.56 Å². The second-order valence-corrected chi connectivity index (χ2v) is 3.20. The number of alkyl halides is 1. The van der Waals surface area contributed by atoms with Gasteiger partial charge < -0.3 is 5.73 Å². The summed E-state index contributed by atoms with van der Waals surface area (Å²) in [7, 11) is 0. The second kappa shape index (κ2) is 4.81. The molecule has 5 heteroatoms. The van der Waals surface area contributed by atoms with Crippen LogP contribution >= 0.6 is 11.6 Å². The van der Waals surface area contributed by atoms with Crippen molar-refractivity contribution in [2.45, 2.75) is 6.92 Å². The van der Waals surface area contributed by atoms with E-state index in [1.54, 1.807) is 12.3 Å². The third-order valence-corrected chi connectivity index (χ3v) is 1.98. The van der Waals surface area contributed by atoms with E-state index >= 15 is 0 Å². The minimum absolute atomic E-state index is 0.332. The summed E-state index contributed by atoms with van der Waals surface area (Å²) in [5.41, 5.74) is 6.11. The van der Waals surface area contributed by atoms with Gasteiger partial charge in [-0.15, -0.1) is 11.6 Å². The standard InChI is InChI=1S/C9H12ClN3O/c1-7-3-2-5-12-8(7)13(6-4-10)9(11)14/h2-3,5H,4,6H2,1H3,(H2,11,14). The molecule has 0 saturated carbocycles. The van der Waals surface area contributed by atoms with Crippen molar-refractivity contribution >= 4 is 23.4 Å². The summed E-state index contributed by atoms with van der Waals surface area (Å²) in [6.07, 6.45) is 1.62. The summed E-state index contributed by atoms with van der Waals surface area (Å²) in [6.45, 7) is 2.24. The summed E-state index contributed by atoms with van der Waals surface area (Å²) >= 11 is 5.57. The normalized spacial score (nSPS) is 9.86. The molecule has 2 amide bonds. The molecule has 0 spiro atoms. The molecule has 1 aromatic heterocycles. The fourth-order valence-corrected chi connectivity index (χ4v) is 1.33. The Bertz CT molecular complexity index is 330. The van der Waals surface area contributed by atoms with Gasteiger partial charge >= 0.3 is 6.03 Å². The van der Waals surface area contributed by atoms with E-state index in [0.29, 0.717) is 18.2 Å². The number of amides is 2. The number of pyridine rings is 1. The third-order valence-electron chi connectivity index (χ3n) is 1.81. The van der Waals surface area contributed by atoms with Gasteiger partial charge in [0.15, 0.2) is 0 Å². The Kier molecular flexibility index (Phi) is 3.71. The number of halogens is 1. The molecule has 0 unspecified atom stereocenters.